The van der Waals surface area contributed by atoms with Crippen molar-refractivity contribution >= 4 is 34.8 Å². The number of thioether (sulfide) groups is 1. The first-order chi connectivity index (χ1) is 12.3. The molecule has 3 nitrogen and oxygen atoms in total. The fourth-order valence-corrected chi connectivity index (χ4v) is 4.14. The number of hydrogen-bond donors (Lipinski definition) is 0. The number of carbonyl (C=O) groups is 2. The number of amides is 2. The number of hydrogen-bond acceptors (Lipinski definition) is 3. The maximum absolute atomic E-state index is 13.3. The Morgan fingerprint density at radius 1 is 0.846 bits per heavy atom. The van der Waals surface area contributed by atoms with Crippen molar-refractivity contribution in [1.29, 1.82) is 0 Å². The molecular formula is C22H23NO2S. The number of nitrogens with zero attached hydrogens (tertiary/aromatic N) is 1. The Morgan fingerprint density at radius 3 is 2.15 bits per heavy atom. The molecule has 1 aliphatic rings. The van der Waals surface area contributed by atoms with E-state index in [4.69, 9.17) is 0 Å². The average molecular weight is 365 g/mol. The first-order valence-corrected chi connectivity index (χ1v) is 9.74. The summed E-state index contributed by atoms with van der Waals surface area (Å²) in [5.41, 5.74) is 6.14. The summed E-state index contributed by atoms with van der Waals surface area (Å²) in [6.07, 6.45) is 0. The van der Waals surface area contributed by atoms with Gasteiger partial charge >= 0.3 is 0 Å². The van der Waals surface area contributed by atoms with Gasteiger partial charge < -0.3 is 0 Å². The van der Waals surface area contributed by atoms with Crippen LogP contribution < -0.4 is 4.90 Å². The van der Waals surface area contributed by atoms with Gasteiger partial charge in [-0.2, -0.15) is 0 Å². The summed E-state index contributed by atoms with van der Waals surface area (Å²) < 4.78 is 0. The quantitative estimate of drug-likeness (QED) is 0.719. The Morgan fingerprint density at radius 2 is 1.50 bits per heavy atom. The van der Waals surface area contributed by atoms with Crippen molar-refractivity contribution in [3.05, 3.63) is 69.1 Å². The van der Waals surface area contributed by atoms with Gasteiger partial charge in [0.2, 0.25) is 0 Å². The van der Waals surface area contributed by atoms with Crippen LogP contribution in [0.3, 0.4) is 0 Å². The predicted molar refractivity (Wildman–Crippen MR) is 109 cm³/mol. The van der Waals surface area contributed by atoms with E-state index in [1.165, 1.54) is 16.7 Å². The molecule has 0 atom stereocenters. The topological polar surface area (TPSA) is 37.4 Å². The van der Waals surface area contributed by atoms with E-state index in [0.29, 0.717) is 16.2 Å². The van der Waals surface area contributed by atoms with Gasteiger partial charge in [-0.25, -0.2) is 4.90 Å². The minimum atomic E-state index is -0.230. The molecule has 0 fully saturated rings. The van der Waals surface area contributed by atoms with E-state index in [1.54, 1.807) is 0 Å². The van der Waals surface area contributed by atoms with Crippen molar-refractivity contribution < 1.29 is 9.59 Å². The molecule has 1 heterocycles. The summed E-state index contributed by atoms with van der Waals surface area (Å²) >= 11 is 1.44. The first kappa shape index (κ1) is 18.5. The third-order valence-electron chi connectivity index (χ3n) is 4.59. The summed E-state index contributed by atoms with van der Waals surface area (Å²) in [6, 6.07) is 11.8. The molecule has 1 aliphatic heterocycles. The van der Waals surface area contributed by atoms with Crippen LogP contribution in [-0.4, -0.2) is 17.6 Å². The second-order valence-corrected chi connectivity index (χ2v) is 7.97. The molecule has 26 heavy (non-hydrogen) atoms. The highest BCUT2D eigenvalue weighted by Crippen LogP contribution is 2.40. The smallest absolute Gasteiger partial charge is 0.268 e. The lowest BCUT2D eigenvalue weighted by atomic mass is 9.98. The van der Waals surface area contributed by atoms with E-state index >= 15 is 0 Å². The summed E-state index contributed by atoms with van der Waals surface area (Å²) in [5, 5.41) is 0. The van der Waals surface area contributed by atoms with Gasteiger partial charge in [0.1, 0.15) is 0 Å². The summed E-state index contributed by atoms with van der Waals surface area (Å²) in [4.78, 5) is 28.4. The van der Waals surface area contributed by atoms with Crippen LogP contribution in [0.4, 0.5) is 5.69 Å². The monoisotopic (exact) mass is 365 g/mol. The van der Waals surface area contributed by atoms with Crippen molar-refractivity contribution in [3.63, 3.8) is 0 Å². The summed E-state index contributed by atoms with van der Waals surface area (Å²) in [7, 11) is 0. The van der Waals surface area contributed by atoms with E-state index in [-0.39, 0.29) is 11.8 Å². The second-order valence-electron chi connectivity index (χ2n) is 6.69. The highest BCUT2D eigenvalue weighted by atomic mass is 32.2. The minimum absolute atomic E-state index is 0.217. The summed E-state index contributed by atoms with van der Waals surface area (Å²) in [6.45, 7) is 9.90. The van der Waals surface area contributed by atoms with Crippen LogP contribution in [-0.2, 0) is 9.59 Å². The Labute approximate surface area is 159 Å². The maximum Gasteiger partial charge on any atom is 0.272 e. The van der Waals surface area contributed by atoms with Crippen molar-refractivity contribution in [2.75, 3.05) is 10.7 Å². The lowest BCUT2D eigenvalue weighted by molar-refractivity contribution is -0.119. The zero-order chi connectivity index (χ0) is 19.0. The van der Waals surface area contributed by atoms with Crippen LogP contribution in [0.25, 0.3) is 5.57 Å². The van der Waals surface area contributed by atoms with Gasteiger partial charge in [0, 0.05) is 0 Å². The van der Waals surface area contributed by atoms with Crippen LogP contribution >= 0.6 is 11.8 Å². The number of imide groups is 1. The van der Waals surface area contributed by atoms with Crippen molar-refractivity contribution in [2.24, 2.45) is 0 Å². The zero-order valence-electron chi connectivity index (χ0n) is 15.8. The van der Waals surface area contributed by atoms with Gasteiger partial charge in [-0.3, -0.25) is 9.59 Å². The van der Waals surface area contributed by atoms with Crippen molar-refractivity contribution in [3.8, 4) is 0 Å². The van der Waals surface area contributed by atoms with Crippen LogP contribution in [0.2, 0.25) is 0 Å². The Balaban J connectivity index is 2.17. The largest absolute Gasteiger partial charge is 0.272 e. The van der Waals surface area contributed by atoms with Crippen LogP contribution in [0.5, 0.6) is 0 Å². The fourth-order valence-electron chi connectivity index (χ4n) is 3.30. The predicted octanol–water partition coefficient (Wildman–Crippen LogP) is 4.96. The molecule has 0 N–H and O–H groups in total. The van der Waals surface area contributed by atoms with Gasteiger partial charge in [0.15, 0.2) is 0 Å². The standard InChI is InChI=1S/C22H23NO2S/c1-6-26-20-19(17-10-8-13(2)11-16(17)5)21(24)23(22(20)25)18-12-14(3)7-9-15(18)4/h7-12H,6H2,1-5H3. The third kappa shape index (κ3) is 3.10. The first-order valence-electron chi connectivity index (χ1n) is 8.76. The molecular weight excluding hydrogens is 342 g/mol. The van der Waals surface area contributed by atoms with E-state index < -0.39 is 0 Å². The molecule has 3 rings (SSSR count). The van der Waals surface area contributed by atoms with E-state index in [1.807, 2.05) is 65.0 Å². The number of aryl methyl sites for hydroxylation is 4. The molecule has 2 aromatic carbocycles. The molecule has 2 aromatic rings. The number of carbonyl (C=O) groups excluding carboxylic acids is 2. The third-order valence-corrected chi connectivity index (χ3v) is 5.54. The van der Waals surface area contributed by atoms with Crippen molar-refractivity contribution in [1.82, 2.24) is 0 Å². The molecule has 0 saturated heterocycles. The zero-order valence-corrected chi connectivity index (χ0v) is 16.7. The molecule has 0 bridgehead atoms. The van der Waals surface area contributed by atoms with Gasteiger partial charge in [0.05, 0.1) is 16.2 Å². The molecule has 0 radical (unpaired) electrons. The normalized spacial score (nSPS) is 14.6. The number of benzene rings is 2. The van der Waals surface area contributed by atoms with Crippen LogP contribution in [0.15, 0.2) is 41.3 Å². The molecule has 0 saturated carbocycles. The lowest BCUT2D eigenvalue weighted by Crippen LogP contribution is -2.32. The average Bonchev–Trinajstić information content (AvgIpc) is 2.82. The molecule has 134 valence electrons. The molecule has 4 heteroatoms. The molecule has 0 spiro atoms. The Bertz CT molecular complexity index is 943. The molecule has 0 aromatic heterocycles. The number of anilines is 1. The minimum Gasteiger partial charge on any atom is -0.268 e. The molecule has 0 aliphatic carbocycles. The van der Waals surface area contributed by atoms with Gasteiger partial charge in [-0.15, -0.1) is 11.8 Å². The van der Waals surface area contributed by atoms with Crippen molar-refractivity contribution in [2.45, 2.75) is 34.6 Å². The van der Waals surface area contributed by atoms with Gasteiger partial charge in [0.25, 0.3) is 11.8 Å². The Kier molecular flexibility index (Phi) is 5.05. The molecule has 2 amide bonds. The maximum atomic E-state index is 13.3. The van der Waals surface area contributed by atoms with Crippen LogP contribution in [0.1, 0.15) is 34.7 Å². The Hall–Kier alpha value is -2.33. The van der Waals surface area contributed by atoms with Gasteiger partial charge in [-0.05, 0) is 61.8 Å². The van der Waals surface area contributed by atoms with E-state index in [0.717, 1.165) is 33.6 Å². The summed E-state index contributed by atoms with van der Waals surface area (Å²) in [5.74, 6) is 0.292. The van der Waals surface area contributed by atoms with Gasteiger partial charge in [-0.1, -0.05) is 42.8 Å². The SMILES string of the molecule is CCSC1=C(c2ccc(C)cc2C)C(=O)N(c2cc(C)ccc2C)C1=O. The van der Waals surface area contributed by atoms with E-state index in [9.17, 15) is 9.59 Å². The van der Waals surface area contributed by atoms with Crippen LogP contribution in [0, 0.1) is 27.7 Å². The number of rotatable bonds is 4. The highest BCUT2D eigenvalue weighted by molar-refractivity contribution is 8.04. The molecule has 0 unspecified atom stereocenters. The highest BCUT2D eigenvalue weighted by Gasteiger charge is 2.40. The lowest BCUT2D eigenvalue weighted by Gasteiger charge is -2.18. The second kappa shape index (κ2) is 7.12. The van der Waals surface area contributed by atoms with E-state index in [2.05, 4.69) is 6.07 Å². The fraction of sp³-hybridized carbons (Fsp3) is 0.273.